The molecule has 0 aromatic carbocycles. The Balaban J connectivity index is 3.23. The molecule has 0 aliphatic heterocycles. The molecule has 0 bridgehead atoms. The van der Waals surface area contributed by atoms with E-state index in [4.69, 9.17) is 0 Å². The van der Waals surface area contributed by atoms with Crippen LogP contribution in [0.2, 0.25) is 10.1 Å². The maximum absolute atomic E-state index is 2.40. The molecule has 11 heavy (non-hydrogen) atoms. The van der Waals surface area contributed by atoms with E-state index in [1.54, 1.807) is 0 Å². The first-order valence-electron chi connectivity index (χ1n) is 4.67. The molecule has 0 aliphatic rings. The zero-order valence-corrected chi connectivity index (χ0v) is 10.2. The average molecular weight is 221 g/mol. The van der Waals surface area contributed by atoms with E-state index < -0.39 is 0 Å². The molecule has 0 N–H and O–H groups in total. The molecule has 0 atom stereocenters. The van der Waals surface area contributed by atoms with Crippen molar-refractivity contribution in [2.45, 2.75) is 63.0 Å². The van der Waals surface area contributed by atoms with Gasteiger partial charge in [-0.05, 0) is 0 Å². The first kappa shape index (κ1) is 11.5. The van der Waals surface area contributed by atoms with E-state index >= 15 is 0 Å². The Labute approximate surface area is 78.3 Å². The van der Waals surface area contributed by atoms with Crippen molar-refractivity contribution in [3.8, 4) is 0 Å². The van der Waals surface area contributed by atoms with Gasteiger partial charge < -0.3 is 0 Å². The van der Waals surface area contributed by atoms with E-state index in [0.717, 1.165) is 15.0 Å². The summed E-state index contributed by atoms with van der Waals surface area (Å²) < 4.78 is 0.654. The van der Waals surface area contributed by atoms with Gasteiger partial charge in [0.05, 0.1) is 0 Å². The van der Waals surface area contributed by atoms with E-state index in [2.05, 4.69) is 26.6 Å². The molecule has 0 radical (unpaired) electrons. The van der Waals surface area contributed by atoms with Crippen LogP contribution in [0.25, 0.3) is 0 Å². The van der Waals surface area contributed by atoms with Gasteiger partial charge in [0, 0.05) is 0 Å². The zero-order chi connectivity index (χ0) is 8.74. The molecule has 0 fully saturated rings. The molecule has 0 saturated heterocycles. The van der Waals surface area contributed by atoms with Gasteiger partial charge in [-0.2, -0.15) is 0 Å². The van der Waals surface area contributed by atoms with Crippen molar-refractivity contribution in [3.63, 3.8) is 0 Å². The summed E-state index contributed by atoms with van der Waals surface area (Å²) in [7, 11) is 0. The molecule has 0 saturated carbocycles. The second-order valence-electron chi connectivity index (χ2n) is 3.77. The molecular weight excluding hydrogens is 199 g/mol. The molecule has 0 heterocycles. The summed E-state index contributed by atoms with van der Waals surface area (Å²) in [5, 5.41) is 0. The predicted molar refractivity (Wildman–Crippen MR) is 54.4 cm³/mol. The third kappa shape index (κ3) is 6.90. The van der Waals surface area contributed by atoms with Gasteiger partial charge in [-0.15, -0.1) is 0 Å². The fourth-order valence-corrected chi connectivity index (χ4v) is 1.81. The molecule has 0 amide bonds. The Morgan fingerprint density at radius 3 is 2.18 bits per heavy atom. The van der Waals surface area contributed by atoms with Crippen LogP contribution in [0.4, 0.5) is 0 Å². The summed E-state index contributed by atoms with van der Waals surface area (Å²) in [4.78, 5) is 0. The number of hydrogen-bond acceptors (Lipinski definition) is 0. The van der Waals surface area contributed by atoms with Gasteiger partial charge in [0.15, 0.2) is 0 Å². The molecule has 0 aromatic rings. The fraction of sp³-hybridized carbons (Fsp3) is 1.00. The van der Waals surface area contributed by atoms with Gasteiger partial charge >= 0.3 is 78.0 Å². The zero-order valence-electron chi connectivity index (χ0n) is 8.44. The Kier molecular flexibility index (Phi) is 6.37. The van der Waals surface area contributed by atoms with Crippen LogP contribution in [0.5, 0.6) is 0 Å². The SMILES string of the molecule is CCCCCCC(C)(C)[Se]C. The van der Waals surface area contributed by atoms with E-state index in [0.29, 0.717) is 4.31 Å². The van der Waals surface area contributed by atoms with Crippen molar-refractivity contribution in [3.05, 3.63) is 0 Å². The van der Waals surface area contributed by atoms with Crippen LogP contribution in [-0.2, 0) is 0 Å². The van der Waals surface area contributed by atoms with E-state index in [1.807, 2.05) is 0 Å². The van der Waals surface area contributed by atoms with Gasteiger partial charge in [-0.3, -0.25) is 0 Å². The molecule has 0 aliphatic carbocycles. The second kappa shape index (κ2) is 6.08. The third-order valence-electron chi connectivity index (χ3n) is 2.18. The molecule has 1 heteroatoms. The van der Waals surface area contributed by atoms with E-state index in [9.17, 15) is 0 Å². The topological polar surface area (TPSA) is 0 Å². The summed E-state index contributed by atoms with van der Waals surface area (Å²) >= 11 is 0.819. The van der Waals surface area contributed by atoms with Crippen LogP contribution in [0.1, 0.15) is 52.9 Å². The summed E-state index contributed by atoms with van der Waals surface area (Å²) in [6, 6.07) is 0. The summed E-state index contributed by atoms with van der Waals surface area (Å²) in [5.74, 6) is 2.35. The van der Waals surface area contributed by atoms with Crippen LogP contribution in [0.15, 0.2) is 0 Å². The first-order chi connectivity index (χ1) is 5.12. The predicted octanol–water partition coefficient (Wildman–Crippen LogP) is 3.91. The van der Waals surface area contributed by atoms with Gasteiger partial charge in [0.25, 0.3) is 0 Å². The molecular formula is C10H22Se. The molecule has 0 nitrogen and oxygen atoms in total. The minimum atomic E-state index is 0.654. The maximum atomic E-state index is 2.40. The average Bonchev–Trinajstić information content (AvgIpc) is 1.99. The standard InChI is InChI=1S/C10H22Se/c1-5-6-7-8-9-10(2,3)11-4/h5-9H2,1-4H3. The molecule has 0 spiro atoms. The second-order valence-corrected chi connectivity index (χ2v) is 6.95. The molecule has 0 aromatic heterocycles. The molecule has 0 unspecified atom stereocenters. The Morgan fingerprint density at radius 2 is 1.73 bits per heavy atom. The van der Waals surface area contributed by atoms with Gasteiger partial charge in [-0.25, -0.2) is 0 Å². The molecule has 0 rings (SSSR count). The minimum absolute atomic E-state index is 0.654. The number of unbranched alkanes of at least 4 members (excludes halogenated alkanes) is 3. The van der Waals surface area contributed by atoms with Crippen molar-refractivity contribution in [1.29, 1.82) is 0 Å². The first-order valence-corrected chi connectivity index (χ1v) is 7.24. The van der Waals surface area contributed by atoms with Gasteiger partial charge in [0.2, 0.25) is 0 Å². The van der Waals surface area contributed by atoms with E-state index in [1.165, 1.54) is 32.1 Å². The van der Waals surface area contributed by atoms with Crippen LogP contribution < -0.4 is 0 Å². The normalized spacial score (nSPS) is 12.0. The van der Waals surface area contributed by atoms with E-state index in [-0.39, 0.29) is 0 Å². The summed E-state index contributed by atoms with van der Waals surface area (Å²) in [6.45, 7) is 7.08. The fourth-order valence-electron chi connectivity index (χ4n) is 1.08. The third-order valence-corrected chi connectivity index (χ3v) is 4.93. The Hall–Kier alpha value is 0.519. The summed E-state index contributed by atoms with van der Waals surface area (Å²) in [6.07, 6.45) is 7.10. The van der Waals surface area contributed by atoms with Crippen molar-refractivity contribution >= 4 is 15.0 Å². The summed E-state index contributed by atoms with van der Waals surface area (Å²) in [5.41, 5.74) is 0. The quantitative estimate of drug-likeness (QED) is 0.471. The van der Waals surface area contributed by atoms with Crippen LogP contribution >= 0.6 is 0 Å². The van der Waals surface area contributed by atoms with Gasteiger partial charge in [0.1, 0.15) is 0 Å². The van der Waals surface area contributed by atoms with Crippen molar-refractivity contribution in [2.24, 2.45) is 0 Å². The Morgan fingerprint density at radius 1 is 1.09 bits per heavy atom. The van der Waals surface area contributed by atoms with Crippen molar-refractivity contribution < 1.29 is 0 Å². The Bertz CT molecular complexity index is 86.9. The van der Waals surface area contributed by atoms with Gasteiger partial charge in [-0.1, -0.05) is 0 Å². The van der Waals surface area contributed by atoms with Crippen molar-refractivity contribution in [2.75, 3.05) is 0 Å². The van der Waals surface area contributed by atoms with Crippen molar-refractivity contribution in [1.82, 2.24) is 0 Å². The number of rotatable bonds is 6. The van der Waals surface area contributed by atoms with Crippen LogP contribution in [0.3, 0.4) is 0 Å². The van der Waals surface area contributed by atoms with Crippen LogP contribution in [0, 0.1) is 0 Å². The monoisotopic (exact) mass is 222 g/mol. The number of hydrogen-bond donors (Lipinski definition) is 0. The molecule has 68 valence electrons. The van der Waals surface area contributed by atoms with Crippen LogP contribution in [-0.4, -0.2) is 15.0 Å².